The van der Waals surface area contributed by atoms with Crippen LogP contribution >= 0.6 is 0 Å². The van der Waals surface area contributed by atoms with Crippen LogP contribution in [0.3, 0.4) is 0 Å². The zero-order chi connectivity index (χ0) is 9.41. The Morgan fingerprint density at radius 2 is 2.25 bits per heavy atom. The average Bonchev–Trinajstić information content (AvgIpc) is 2.31. The van der Waals surface area contributed by atoms with Gasteiger partial charge in [0.15, 0.2) is 6.67 Å². The van der Waals surface area contributed by atoms with E-state index in [0.717, 1.165) is 0 Å². The maximum atomic E-state index is 11.0. The van der Waals surface area contributed by atoms with Gasteiger partial charge in [0.1, 0.15) is 6.20 Å². The normalized spacial score (nSPS) is 29.8. The third-order valence-corrected chi connectivity index (χ3v) is 3.46. The van der Waals surface area contributed by atoms with Crippen molar-refractivity contribution in [2.24, 2.45) is 0 Å². The summed E-state index contributed by atoms with van der Waals surface area (Å²) >= 11 is 0. The average molecular weight is 193 g/mol. The Labute approximate surface area is 72.4 Å². The molecule has 0 aromatic heterocycles. The Bertz CT molecular complexity index is 298. The minimum Gasteiger partial charge on any atom is -0.328 e. The summed E-state index contributed by atoms with van der Waals surface area (Å²) < 4.78 is 30.5. The van der Waals surface area contributed by atoms with Gasteiger partial charge in [0.05, 0.1) is 12.7 Å². The van der Waals surface area contributed by atoms with Crippen LogP contribution in [0.15, 0.2) is 12.4 Å². The van der Waals surface area contributed by atoms with Crippen LogP contribution in [0.1, 0.15) is 6.92 Å². The van der Waals surface area contributed by atoms with Gasteiger partial charge in [-0.2, -0.15) is 0 Å². The zero-order valence-electron chi connectivity index (χ0n) is 7.14. The van der Waals surface area contributed by atoms with E-state index in [4.69, 9.17) is 4.55 Å². The Kier molecular flexibility index (Phi) is 2.15. The number of hydrogen-bond acceptors (Lipinski definition) is 3. The van der Waals surface area contributed by atoms with Crippen LogP contribution in [-0.2, 0) is 10.3 Å². The Hall–Kier alpha value is -0.590. The molecular formula is C6H13N2O3S+. The fourth-order valence-corrected chi connectivity index (χ4v) is 2.09. The first-order valence-electron chi connectivity index (χ1n) is 3.65. The molecule has 1 heterocycles. The molecule has 0 amide bonds. The second-order valence-corrected chi connectivity index (χ2v) is 4.54. The van der Waals surface area contributed by atoms with Gasteiger partial charge < -0.3 is 4.90 Å². The highest BCUT2D eigenvalue weighted by molar-refractivity contribution is 7.80. The minimum atomic E-state index is -4.04. The molecule has 1 rings (SSSR count). The molecule has 0 aromatic rings. The van der Waals surface area contributed by atoms with E-state index in [-0.39, 0.29) is 6.67 Å². The molecule has 5 nitrogen and oxygen atoms in total. The molecule has 0 radical (unpaired) electrons. The third-order valence-electron chi connectivity index (χ3n) is 2.05. The number of rotatable bonds is 2. The Morgan fingerprint density at radius 1 is 1.67 bits per heavy atom. The number of hydrogen-bond donors (Lipinski definition) is 1. The highest BCUT2D eigenvalue weighted by atomic mass is 32.2. The molecule has 1 unspecified atom stereocenters. The van der Waals surface area contributed by atoms with Crippen molar-refractivity contribution >= 4 is 10.3 Å². The van der Waals surface area contributed by atoms with Crippen molar-refractivity contribution in [1.82, 2.24) is 4.90 Å². The number of nitrogens with zero attached hydrogens (tertiary/aromatic N) is 2. The maximum absolute atomic E-state index is 11.0. The smallest absolute Gasteiger partial charge is 0.328 e. The van der Waals surface area contributed by atoms with E-state index < -0.39 is 14.2 Å². The van der Waals surface area contributed by atoms with Crippen LogP contribution in [-0.4, -0.2) is 42.0 Å². The molecule has 12 heavy (non-hydrogen) atoms. The van der Waals surface area contributed by atoms with E-state index in [9.17, 15) is 8.42 Å². The first-order chi connectivity index (χ1) is 5.41. The van der Waals surface area contributed by atoms with Crippen molar-refractivity contribution in [3.8, 4) is 0 Å². The van der Waals surface area contributed by atoms with Gasteiger partial charge in [-0.05, 0) is 6.92 Å². The molecule has 0 saturated carbocycles. The van der Waals surface area contributed by atoms with Crippen molar-refractivity contribution in [2.75, 3.05) is 20.3 Å². The molecule has 0 aliphatic carbocycles. The van der Waals surface area contributed by atoms with Crippen molar-refractivity contribution in [1.29, 1.82) is 0 Å². The van der Waals surface area contributed by atoms with Gasteiger partial charge in [0.2, 0.25) is 0 Å². The summed E-state index contributed by atoms with van der Waals surface area (Å²) in [5.74, 6) is 0. The van der Waals surface area contributed by atoms with E-state index in [1.54, 1.807) is 25.1 Å². The predicted octanol–water partition coefficient (Wildman–Crippen LogP) is 0.000000000000000222. The standard InChI is InChI=1S/C6H12N2O3S/c1-3-8(12(9,10)11)5-4-7(2)6-8/h4-5H,3,6H2,1-2H3/p+1. The minimum absolute atomic E-state index is 0.273. The lowest BCUT2D eigenvalue weighted by Crippen LogP contribution is -2.48. The zero-order valence-corrected chi connectivity index (χ0v) is 7.95. The van der Waals surface area contributed by atoms with E-state index in [2.05, 4.69) is 0 Å². The van der Waals surface area contributed by atoms with Gasteiger partial charge in [-0.25, -0.2) is 4.55 Å². The van der Waals surface area contributed by atoms with E-state index >= 15 is 0 Å². The van der Waals surface area contributed by atoms with Gasteiger partial charge in [-0.3, -0.25) is 0 Å². The molecular weight excluding hydrogens is 180 g/mol. The molecule has 1 aliphatic rings. The quantitative estimate of drug-likeness (QED) is 0.495. The summed E-state index contributed by atoms with van der Waals surface area (Å²) in [5.41, 5.74) is 0. The monoisotopic (exact) mass is 193 g/mol. The summed E-state index contributed by atoms with van der Waals surface area (Å²) in [6.07, 6.45) is 3.13. The lowest BCUT2D eigenvalue weighted by atomic mass is 10.6. The molecule has 6 heteroatoms. The molecule has 0 fully saturated rings. The van der Waals surface area contributed by atoms with Crippen molar-refractivity contribution < 1.29 is 16.9 Å². The second kappa shape index (κ2) is 2.72. The van der Waals surface area contributed by atoms with Gasteiger partial charge >= 0.3 is 10.3 Å². The summed E-state index contributed by atoms with van der Waals surface area (Å²) in [4.78, 5) is 1.72. The summed E-state index contributed by atoms with van der Waals surface area (Å²) in [7, 11) is -2.28. The third kappa shape index (κ3) is 1.33. The lowest BCUT2D eigenvalue weighted by Gasteiger charge is -2.25. The highest BCUT2D eigenvalue weighted by Gasteiger charge is 2.41. The molecule has 1 N–H and O–H groups in total. The molecule has 0 saturated heterocycles. The summed E-state index contributed by atoms with van der Waals surface area (Å²) in [5, 5.41) is 0. The maximum Gasteiger partial charge on any atom is 0.438 e. The van der Waals surface area contributed by atoms with Crippen LogP contribution in [0, 0.1) is 0 Å². The van der Waals surface area contributed by atoms with Crippen LogP contribution in [0.25, 0.3) is 0 Å². The molecule has 0 spiro atoms. The van der Waals surface area contributed by atoms with E-state index in [1.165, 1.54) is 6.20 Å². The van der Waals surface area contributed by atoms with Crippen molar-refractivity contribution in [3.05, 3.63) is 12.4 Å². The van der Waals surface area contributed by atoms with E-state index in [0.29, 0.717) is 6.54 Å². The molecule has 0 bridgehead atoms. The Balaban J connectivity index is 3.03. The molecule has 70 valence electrons. The molecule has 0 aromatic carbocycles. The van der Waals surface area contributed by atoms with Gasteiger partial charge in [0, 0.05) is 7.05 Å². The van der Waals surface area contributed by atoms with Gasteiger partial charge in [-0.15, -0.1) is 12.3 Å². The fraction of sp³-hybridized carbons (Fsp3) is 0.667. The van der Waals surface area contributed by atoms with Gasteiger partial charge in [-0.1, -0.05) is 0 Å². The molecule has 1 atom stereocenters. The Morgan fingerprint density at radius 3 is 2.42 bits per heavy atom. The van der Waals surface area contributed by atoms with Crippen LogP contribution in [0.2, 0.25) is 0 Å². The van der Waals surface area contributed by atoms with Gasteiger partial charge in [0.25, 0.3) is 0 Å². The predicted molar refractivity (Wildman–Crippen MR) is 44.1 cm³/mol. The molecule has 1 aliphatic heterocycles. The largest absolute Gasteiger partial charge is 0.438 e. The van der Waals surface area contributed by atoms with Crippen LogP contribution in [0.4, 0.5) is 0 Å². The fourth-order valence-electron chi connectivity index (χ4n) is 1.23. The first kappa shape index (κ1) is 9.50. The van der Waals surface area contributed by atoms with Crippen molar-refractivity contribution in [2.45, 2.75) is 6.92 Å². The highest BCUT2D eigenvalue weighted by Crippen LogP contribution is 2.20. The topological polar surface area (TPSA) is 57.6 Å². The van der Waals surface area contributed by atoms with Crippen LogP contribution < -0.4 is 0 Å². The summed E-state index contributed by atoms with van der Waals surface area (Å²) in [6.45, 7) is 2.33. The lowest BCUT2D eigenvalue weighted by molar-refractivity contribution is -0.756. The second-order valence-electron chi connectivity index (χ2n) is 2.91. The summed E-state index contributed by atoms with van der Waals surface area (Å²) in [6, 6.07) is 0. The van der Waals surface area contributed by atoms with E-state index in [1.807, 2.05) is 0 Å². The first-order valence-corrected chi connectivity index (χ1v) is 5.05. The SMILES string of the molecule is CC[N+]1(S(=O)(=O)O)C=CN(C)C1. The van der Waals surface area contributed by atoms with Crippen LogP contribution in [0.5, 0.6) is 0 Å². The van der Waals surface area contributed by atoms with Crippen molar-refractivity contribution in [3.63, 3.8) is 0 Å². The number of quaternary nitrogens is 1.